The molecule has 1 unspecified atom stereocenters. The van der Waals surface area contributed by atoms with Crippen molar-refractivity contribution in [3.63, 3.8) is 0 Å². The van der Waals surface area contributed by atoms with Crippen LogP contribution in [0.25, 0.3) is 0 Å². The first-order chi connectivity index (χ1) is 13.0. The quantitative estimate of drug-likeness (QED) is 0.599. The fraction of sp³-hybridized carbons (Fsp3) is 0.333. The molecule has 2 aromatic carbocycles. The van der Waals surface area contributed by atoms with Gasteiger partial charge in [-0.1, -0.05) is 13.0 Å². The number of ether oxygens (including phenoxy) is 1. The molecule has 0 aliphatic rings. The van der Waals surface area contributed by atoms with Crippen molar-refractivity contribution >= 4 is 35.0 Å². The van der Waals surface area contributed by atoms with E-state index >= 15 is 0 Å². The summed E-state index contributed by atoms with van der Waals surface area (Å²) in [6, 6.07) is 14.9. The maximum absolute atomic E-state index is 12.4. The van der Waals surface area contributed by atoms with Gasteiger partial charge < -0.3 is 15.4 Å². The molecule has 0 spiro atoms. The van der Waals surface area contributed by atoms with E-state index in [1.54, 1.807) is 0 Å². The lowest BCUT2D eigenvalue weighted by molar-refractivity contribution is -0.116. The number of anilines is 2. The summed E-state index contributed by atoms with van der Waals surface area (Å²) < 4.78 is 5.40. The highest BCUT2D eigenvalue weighted by atomic mass is 32.2. The summed E-state index contributed by atoms with van der Waals surface area (Å²) in [5.74, 6) is 0.699. The van der Waals surface area contributed by atoms with Crippen molar-refractivity contribution in [1.29, 1.82) is 0 Å². The second kappa shape index (κ2) is 10.6. The van der Waals surface area contributed by atoms with Crippen LogP contribution < -0.4 is 15.4 Å². The zero-order chi connectivity index (χ0) is 19.6. The van der Waals surface area contributed by atoms with Crippen LogP contribution in [-0.4, -0.2) is 23.7 Å². The van der Waals surface area contributed by atoms with Gasteiger partial charge in [-0.15, -0.1) is 11.8 Å². The van der Waals surface area contributed by atoms with Gasteiger partial charge in [-0.3, -0.25) is 9.59 Å². The zero-order valence-corrected chi connectivity index (χ0v) is 16.8. The molecule has 0 radical (unpaired) electrons. The molecule has 0 aliphatic carbocycles. The predicted molar refractivity (Wildman–Crippen MR) is 112 cm³/mol. The summed E-state index contributed by atoms with van der Waals surface area (Å²) in [5, 5.41) is 5.51. The first-order valence-corrected chi connectivity index (χ1v) is 10.00. The average Bonchev–Trinajstić information content (AvgIpc) is 2.64. The lowest BCUT2D eigenvalue weighted by Gasteiger charge is -2.13. The molecule has 0 aromatic heterocycles. The van der Waals surface area contributed by atoms with Gasteiger partial charge in [0.2, 0.25) is 11.8 Å². The highest BCUT2D eigenvalue weighted by Gasteiger charge is 2.15. The molecule has 0 aliphatic heterocycles. The van der Waals surface area contributed by atoms with Crippen molar-refractivity contribution < 1.29 is 14.3 Å². The minimum atomic E-state index is -0.279. The number of carbonyl (C=O) groups excluding carboxylic acids is 2. The number of amides is 2. The molecule has 0 fully saturated rings. The summed E-state index contributed by atoms with van der Waals surface area (Å²) in [5.41, 5.74) is 1.48. The second-order valence-electron chi connectivity index (χ2n) is 6.03. The minimum Gasteiger partial charge on any atom is -0.494 e. The van der Waals surface area contributed by atoms with Crippen molar-refractivity contribution in [2.24, 2.45) is 0 Å². The van der Waals surface area contributed by atoms with E-state index in [0.717, 1.165) is 28.4 Å². The van der Waals surface area contributed by atoms with E-state index in [1.165, 1.54) is 11.8 Å². The monoisotopic (exact) mass is 386 g/mol. The molecule has 1 atom stereocenters. The number of carbonyl (C=O) groups is 2. The van der Waals surface area contributed by atoms with Gasteiger partial charge in [0.15, 0.2) is 0 Å². The maximum Gasteiger partial charge on any atom is 0.237 e. The number of hydrogen-bond acceptors (Lipinski definition) is 4. The molecule has 5 nitrogen and oxygen atoms in total. The first kappa shape index (κ1) is 20.8. The zero-order valence-electron chi connectivity index (χ0n) is 16.0. The maximum atomic E-state index is 12.4. The third-order valence-electron chi connectivity index (χ3n) is 3.71. The van der Waals surface area contributed by atoms with E-state index in [0.29, 0.717) is 13.0 Å². The second-order valence-corrected chi connectivity index (χ2v) is 7.45. The lowest BCUT2D eigenvalue weighted by Crippen LogP contribution is -2.22. The Morgan fingerprint density at radius 2 is 1.78 bits per heavy atom. The van der Waals surface area contributed by atoms with Crippen molar-refractivity contribution in [1.82, 2.24) is 0 Å². The molecule has 6 heteroatoms. The SMILES string of the molecule is CCCC(=O)Nc1cccc(SC(C)C(=O)Nc2ccc(OCC)cc2)c1. The Bertz CT molecular complexity index is 762. The van der Waals surface area contributed by atoms with Gasteiger partial charge >= 0.3 is 0 Å². The molecule has 0 heterocycles. The van der Waals surface area contributed by atoms with Crippen molar-refractivity contribution in [3.05, 3.63) is 48.5 Å². The largest absolute Gasteiger partial charge is 0.494 e. The fourth-order valence-corrected chi connectivity index (χ4v) is 3.33. The number of nitrogens with one attached hydrogen (secondary N) is 2. The third-order valence-corrected chi connectivity index (χ3v) is 4.80. The predicted octanol–water partition coefficient (Wildman–Crippen LogP) is 4.94. The normalized spacial score (nSPS) is 11.5. The highest BCUT2D eigenvalue weighted by molar-refractivity contribution is 8.00. The van der Waals surface area contributed by atoms with Crippen molar-refractivity contribution in [2.45, 2.75) is 43.8 Å². The molecule has 2 rings (SSSR count). The van der Waals surface area contributed by atoms with Crippen LogP contribution >= 0.6 is 11.8 Å². The average molecular weight is 387 g/mol. The van der Waals surface area contributed by atoms with Gasteiger partial charge in [-0.2, -0.15) is 0 Å². The Balaban J connectivity index is 1.92. The van der Waals surface area contributed by atoms with Crippen LogP contribution in [0.5, 0.6) is 5.75 Å². The Kier molecular flexibility index (Phi) is 8.20. The molecular formula is C21H26N2O3S. The van der Waals surface area contributed by atoms with Crippen LogP contribution in [0.4, 0.5) is 11.4 Å². The highest BCUT2D eigenvalue weighted by Crippen LogP contribution is 2.27. The first-order valence-electron chi connectivity index (χ1n) is 9.12. The van der Waals surface area contributed by atoms with E-state index in [4.69, 9.17) is 4.74 Å². The van der Waals surface area contributed by atoms with Crippen LogP contribution in [0.15, 0.2) is 53.4 Å². The molecule has 27 heavy (non-hydrogen) atoms. The minimum absolute atomic E-state index is 0.000871. The van der Waals surface area contributed by atoms with Gasteiger partial charge in [0, 0.05) is 22.7 Å². The van der Waals surface area contributed by atoms with Crippen LogP contribution in [0.1, 0.15) is 33.6 Å². The summed E-state index contributed by atoms with van der Waals surface area (Å²) >= 11 is 1.45. The van der Waals surface area contributed by atoms with Gasteiger partial charge in [0.05, 0.1) is 11.9 Å². The van der Waals surface area contributed by atoms with Gasteiger partial charge in [0.25, 0.3) is 0 Å². The topological polar surface area (TPSA) is 67.4 Å². The van der Waals surface area contributed by atoms with Crippen LogP contribution in [0, 0.1) is 0 Å². The van der Waals surface area contributed by atoms with E-state index in [2.05, 4.69) is 10.6 Å². The Hall–Kier alpha value is -2.47. The van der Waals surface area contributed by atoms with E-state index < -0.39 is 0 Å². The molecule has 0 saturated heterocycles. The van der Waals surface area contributed by atoms with Crippen LogP contribution in [0.3, 0.4) is 0 Å². The van der Waals surface area contributed by atoms with Gasteiger partial charge in [0.1, 0.15) is 5.75 Å². The van der Waals surface area contributed by atoms with E-state index in [1.807, 2.05) is 69.3 Å². The standard InChI is InChI=1S/C21H26N2O3S/c1-4-7-20(24)22-17-8-6-9-19(14-17)27-15(3)21(25)23-16-10-12-18(13-11-16)26-5-2/h6,8-15H,4-5,7H2,1-3H3,(H,22,24)(H,23,25). The summed E-state index contributed by atoms with van der Waals surface area (Å²) in [7, 11) is 0. The Morgan fingerprint density at radius 3 is 2.44 bits per heavy atom. The molecule has 0 saturated carbocycles. The van der Waals surface area contributed by atoms with E-state index in [-0.39, 0.29) is 17.1 Å². The smallest absolute Gasteiger partial charge is 0.237 e. The van der Waals surface area contributed by atoms with Crippen molar-refractivity contribution in [3.8, 4) is 5.75 Å². The summed E-state index contributed by atoms with van der Waals surface area (Å²) in [4.78, 5) is 25.1. The molecule has 2 aromatic rings. The number of thioether (sulfide) groups is 1. The summed E-state index contributed by atoms with van der Waals surface area (Å²) in [6.07, 6.45) is 1.31. The number of hydrogen-bond donors (Lipinski definition) is 2. The molecule has 0 bridgehead atoms. The molecule has 2 amide bonds. The number of rotatable bonds is 9. The molecule has 2 N–H and O–H groups in total. The van der Waals surface area contributed by atoms with Crippen LogP contribution in [-0.2, 0) is 9.59 Å². The Morgan fingerprint density at radius 1 is 1.04 bits per heavy atom. The lowest BCUT2D eigenvalue weighted by atomic mass is 10.3. The van der Waals surface area contributed by atoms with Crippen molar-refractivity contribution in [2.75, 3.05) is 17.2 Å². The third kappa shape index (κ3) is 6.98. The fourth-order valence-electron chi connectivity index (χ4n) is 2.40. The molecular weight excluding hydrogens is 360 g/mol. The Labute approximate surface area is 164 Å². The summed E-state index contributed by atoms with van der Waals surface area (Å²) in [6.45, 7) is 6.36. The van der Waals surface area contributed by atoms with Crippen LogP contribution in [0.2, 0.25) is 0 Å². The van der Waals surface area contributed by atoms with Gasteiger partial charge in [-0.25, -0.2) is 0 Å². The van der Waals surface area contributed by atoms with E-state index in [9.17, 15) is 9.59 Å². The van der Waals surface area contributed by atoms with Gasteiger partial charge in [-0.05, 0) is 62.7 Å². The number of benzene rings is 2. The molecule has 144 valence electrons.